The van der Waals surface area contributed by atoms with Crippen molar-refractivity contribution in [1.82, 2.24) is 0 Å². The number of carbonyl (C=O) groups excluding carboxylic acids is 1. The summed E-state index contributed by atoms with van der Waals surface area (Å²) in [5.41, 5.74) is 1.86. The summed E-state index contributed by atoms with van der Waals surface area (Å²) in [6.45, 7) is 1.84. The van der Waals surface area contributed by atoms with E-state index in [1.807, 2.05) is 19.1 Å². The molecule has 1 amide bonds. The number of nitriles is 1. The number of halogens is 1. The number of anilines is 1. The van der Waals surface area contributed by atoms with Crippen LogP contribution in [-0.4, -0.2) is 6.09 Å². The second-order valence-electron chi connectivity index (χ2n) is 4.08. The SMILES string of the molecule is Cc1cccc(Cl)c1NC(=O)Oc1ccc(C#N)cc1. The molecule has 0 spiro atoms. The van der Waals surface area contributed by atoms with Gasteiger partial charge in [-0.1, -0.05) is 23.7 Å². The first kappa shape index (κ1) is 13.9. The molecule has 0 aliphatic heterocycles. The Kier molecular flexibility index (Phi) is 4.24. The topological polar surface area (TPSA) is 62.1 Å². The second-order valence-corrected chi connectivity index (χ2v) is 4.49. The minimum atomic E-state index is -0.633. The maximum absolute atomic E-state index is 11.8. The molecule has 0 saturated heterocycles. The molecule has 0 bridgehead atoms. The molecule has 0 aromatic heterocycles. The molecule has 1 N–H and O–H groups in total. The number of ether oxygens (including phenoxy) is 1. The van der Waals surface area contributed by atoms with Crippen molar-refractivity contribution in [3.05, 3.63) is 58.6 Å². The first-order valence-corrected chi connectivity index (χ1v) is 6.22. The Hall–Kier alpha value is -2.51. The number of nitrogens with one attached hydrogen (secondary N) is 1. The standard InChI is InChI=1S/C15H11ClN2O2/c1-10-3-2-4-13(16)14(10)18-15(19)20-12-7-5-11(9-17)6-8-12/h2-8H,1H3,(H,18,19). The van der Waals surface area contributed by atoms with Crippen molar-refractivity contribution in [2.75, 3.05) is 5.32 Å². The van der Waals surface area contributed by atoms with Crippen LogP contribution >= 0.6 is 11.6 Å². The molecule has 0 saturated carbocycles. The summed E-state index contributed by atoms with van der Waals surface area (Å²) in [6, 6.07) is 13.6. The third-order valence-corrected chi connectivity index (χ3v) is 2.96. The van der Waals surface area contributed by atoms with E-state index in [4.69, 9.17) is 21.6 Å². The Morgan fingerprint density at radius 3 is 2.55 bits per heavy atom. The molecule has 0 atom stereocenters. The van der Waals surface area contributed by atoms with Gasteiger partial charge in [-0.25, -0.2) is 4.79 Å². The van der Waals surface area contributed by atoms with Crippen molar-refractivity contribution in [3.63, 3.8) is 0 Å². The van der Waals surface area contributed by atoms with E-state index >= 15 is 0 Å². The fourth-order valence-electron chi connectivity index (χ4n) is 1.62. The lowest BCUT2D eigenvalue weighted by atomic mass is 10.2. The first-order chi connectivity index (χ1) is 9.60. The van der Waals surface area contributed by atoms with Crippen LogP contribution in [0, 0.1) is 18.3 Å². The highest BCUT2D eigenvalue weighted by atomic mass is 35.5. The fourth-order valence-corrected chi connectivity index (χ4v) is 1.89. The van der Waals surface area contributed by atoms with Gasteiger partial charge in [0.1, 0.15) is 5.75 Å². The van der Waals surface area contributed by atoms with Crippen molar-refractivity contribution >= 4 is 23.4 Å². The van der Waals surface area contributed by atoms with Crippen LogP contribution in [0.2, 0.25) is 5.02 Å². The van der Waals surface area contributed by atoms with Gasteiger partial charge in [0.05, 0.1) is 22.3 Å². The molecule has 2 aromatic carbocycles. The molecule has 0 aliphatic carbocycles. The summed E-state index contributed by atoms with van der Waals surface area (Å²) in [5.74, 6) is 0.353. The maximum atomic E-state index is 11.8. The maximum Gasteiger partial charge on any atom is 0.417 e. The van der Waals surface area contributed by atoms with Crippen molar-refractivity contribution in [3.8, 4) is 11.8 Å². The van der Waals surface area contributed by atoms with Crippen molar-refractivity contribution in [1.29, 1.82) is 5.26 Å². The monoisotopic (exact) mass is 286 g/mol. The summed E-state index contributed by atoms with van der Waals surface area (Å²) in [5, 5.41) is 11.7. The number of hydrogen-bond donors (Lipinski definition) is 1. The average Bonchev–Trinajstić information content (AvgIpc) is 2.44. The number of para-hydroxylation sites is 1. The van der Waals surface area contributed by atoms with Gasteiger partial charge in [-0.05, 0) is 42.8 Å². The Morgan fingerprint density at radius 2 is 1.95 bits per heavy atom. The van der Waals surface area contributed by atoms with Crippen LogP contribution in [0.4, 0.5) is 10.5 Å². The normalized spacial score (nSPS) is 9.65. The molecule has 2 aromatic rings. The van der Waals surface area contributed by atoms with E-state index in [1.54, 1.807) is 36.4 Å². The van der Waals surface area contributed by atoms with Gasteiger partial charge >= 0.3 is 6.09 Å². The average molecular weight is 287 g/mol. The van der Waals surface area contributed by atoms with Gasteiger partial charge in [0.15, 0.2) is 0 Å². The van der Waals surface area contributed by atoms with Crippen LogP contribution in [0.15, 0.2) is 42.5 Å². The minimum absolute atomic E-state index is 0.353. The molecular formula is C15H11ClN2O2. The zero-order chi connectivity index (χ0) is 14.5. The Balaban J connectivity index is 2.07. The smallest absolute Gasteiger partial charge is 0.410 e. The van der Waals surface area contributed by atoms with E-state index in [0.717, 1.165) is 5.56 Å². The highest BCUT2D eigenvalue weighted by Crippen LogP contribution is 2.25. The van der Waals surface area contributed by atoms with Crippen LogP contribution in [-0.2, 0) is 0 Å². The van der Waals surface area contributed by atoms with Crippen molar-refractivity contribution in [2.24, 2.45) is 0 Å². The van der Waals surface area contributed by atoms with E-state index in [2.05, 4.69) is 5.32 Å². The molecule has 0 heterocycles. The van der Waals surface area contributed by atoms with Gasteiger partial charge in [0, 0.05) is 0 Å². The number of nitrogens with zero attached hydrogens (tertiary/aromatic N) is 1. The van der Waals surface area contributed by atoms with Crippen LogP contribution in [0.1, 0.15) is 11.1 Å². The Labute approximate surface area is 121 Å². The molecule has 20 heavy (non-hydrogen) atoms. The molecule has 0 fully saturated rings. The van der Waals surface area contributed by atoms with Gasteiger partial charge in [-0.15, -0.1) is 0 Å². The number of rotatable bonds is 2. The fraction of sp³-hybridized carbons (Fsp3) is 0.0667. The molecule has 5 heteroatoms. The predicted octanol–water partition coefficient (Wildman–Crippen LogP) is 4.13. The van der Waals surface area contributed by atoms with Crippen LogP contribution in [0.5, 0.6) is 5.75 Å². The zero-order valence-electron chi connectivity index (χ0n) is 10.7. The molecule has 0 aliphatic rings. The molecule has 0 radical (unpaired) electrons. The zero-order valence-corrected chi connectivity index (χ0v) is 11.4. The molecule has 4 nitrogen and oxygen atoms in total. The Bertz CT molecular complexity index is 655. The third kappa shape index (κ3) is 3.28. The summed E-state index contributed by atoms with van der Waals surface area (Å²) < 4.78 is 5.11. The van der Waals surface area contributed by atoms with E-state index in [9.17, 15) is 4.79 Å². The summed E-state index contributed by atoms with van der Waals surface area (Å²) in [4.78, 5) is 11.8. The quantitative estimate of drug-likeness (QED) is 0.903. The van der Waals surface area contributed by atoms with Gasteiger partial charge in [0.2, 0.25) is 0 Å². The van der Waals surface area contributed by atoms with Crippen LogP contribution in [0.3, 0.4) is 0 Å². The largest absolute Gasteiger partial charge is 0.417 e. The van der Waals surface area contributed by atoms with Crippen LogP contribution < -0.4 is 10.1 Å². The molecule has 2 rings (SSSR count). The number of hydrogen-bond acceptors (Lipinski definition) is 3. The van der Waals surface area contributed by atoms with Gasteiger partial charge in [0.25, 0.3) is 0 Å². The third-order valence-electron chi connectivity index (χ3n) is 2.64. The van der Waals surface area contributed by atoms with E-state index in [0.29, 0.717) is 22.0 Å². The molecular weight excluding hydrogens is 276 g/mol. The summed E-state index contributed by atoms with van der Waals surface area (Å²) in [6.07, 6.45) is -0.633. The minimum Gasteiger partial charge on any atom is -0.410 e. The van der Waals surface area contributed by atoms with Gasteiger partial charge < -0.3 is 4.74 Å². The number of amides is 1. The second kappa shape index (κ2) is 6.09. The van der Waals surface area contributed by atoms with E-state index in [-0.39, 0.29) is 0 Å². The Morgan fingerprint density at radius 1 is 1.25 bits per heavy atom. The highest BCUT2D eigenvalue weighted by Gasteiger charge is 2.10. The lowest BCUT2D eigenvalue weighted by Gasteiger charge is -2.10. The predicted molar refractivity (Wildman–Crippen MR) is 77.0 cm³/mol. The number of aryl methyl sites for hydroxylation is 1. The molecule has 0 unspecified atom stereocenters. The summed E-state index contributed by atoms with van der Waals surface area (Å²) in [7, 11) is 0. The van der Waals surface area contributed by atoms with Gasteiger partial charge in [-0.3, -0.25) is 5.32 Å². The van der Waals surface area contributed by atoms with Crippen molar-refractivity contribution in [2.45, 2.75) is 6.92 Å². The van der Waals surface area contributed by atoms with E-state index in [1.165, 1.54) is 0 Å². The lowest BCUT2D eigenvalue weighted by Crippen LogP contribution is -2.17. The lowest BCUT2D eigenvalue weighted by molar-refractivity contribution is 0.215. The van der Waals surface area contributed by atoms with Gasteiger partial charge in [-0.2, -0.15) is 5.26 Å². The van der Waals surface area contributed by atoms with Crippen LogP contribution in [0.25, 0.3) is 0 Å². The summed E-state index contributed by atoms with van der Waals surface area (Å²) >= 11 is 6.01. The first-order valence-electron chi connectivity index (χ1n) is 5.84. The highest BCUT2D eigenvalue weighted by molar-refractivity contribution is 6.33. The number of benzene rings is 2. The number of carbonyl (C=O) groups is 1. The van der Waals surface area contributed by atoms with E-state index < -0.39 is 6.09 Å². The van der Waals surface area contributed by atoms with Crippen molar-refractivity contribution < 1.29 is 9.53 Å². The molecule has 100 valence electrons.